The van der Waals surface area contributed by atoms with Crippen LogP contribution in [-0.4, -0.2) is 18.6 Å². The molecule has 0 fully saturated rings. The van der Waals surface area contributed by atoms with Gasteiger partial charge < -0.3 is 5.73 Å². The molecule has 0 radical (unpaired) electrons. The Morgan fingerprint density at radius 2 is 2.55 bits per heavy atom. The van der Waals surface area contributed by atoms with Gasteiger partial charge in [0.05, 0.1) is 6.04 Å². The highest BCUT2D eigenvalue weighted by molar-refractivity contribution is 5.80. The zero-order valence-corrected chi connectivity index (χ0v) is 6.46. The summed E-state index contributed by atoms with van der Waals surface area (Å²) in [5, 5.41) is 0. The molecule has 4 nitrogen and oxygen atoms in total. The summed E-state index contributed by atoms with van der Waals surface area (Å²) in [6, 6.07) is -0.521. The molecular formula is C7H12N2O2. The van der Waals surface area contributed by atoms with Crippen LogP contribution in [0.3, 0.4) is 0 Å². The fourth-order valence-electron chi connectivity index (χ4n) is 0.410. The number of nitrogens with two attached hydrogens (primary N) is 1. The zero-order chi connectivity index (χ0) is 8.69. The second-order valence-electron chi connectivity index (χ2n) is 1.97. The van der Waals surface area contributed by atoms with E-state index in [1.807, 2.05) is 6.92 Å². The molecule has 0 aliphatic rings. The number of carbonyl (C=O) groups excluding carboxylic acids is 1. The SMILES string of the molecule is C#CCONC(=O)[C@H](N)CC. The van der Waals surface area contributed by atoms with Crippen molar-refractivity contribution in [2.75, 3.05) is 6.61 Å². The topological polar surface area (TPSA) is 64.3 Å². The highest BCUT2D eigenvalue weighted by atomic mass is 16.6. The van der Waals surface area contributed by atoms with Crippen LogP contribution in [0.25, 0.3) is 0 Å². The number of hydrogen-bond donors (Lipinski definition) is 2. The first-order chi connectivity index (χ1) is 5.22. The Labute approximate surface area is 66.0 Å². The molecule has 11 heavy (non-hydrogen) atoms. The molecule has 0 spiro atoms. The van der Waals surface area contributed by atoms with Crippen LogP contribution in [0, 0.1) is 12.3 Å². The Balaban J connectivity index is 3.46. The van der Waals surface area contributed by atoms with Crippen LogP contribution in [0.5, 0.6) is 0 Å². The van der Waals surface area contributed by atoms with Crippen molar-refractivity contribution in [2.24, 2.45) is 5.73 Å². The summed E-state index contributed by atoms with van der Waals surface area (Å²) in [7, 11) is 0. The van der Waals surface area contributed by atoms with E-state index >= 15 is 0 Å². The second-order valence-corrected chi connectivity index (χ2v) is 1.97. The smallest absolute Gasteiger partial charge is 0.260 e. The summed E-state index contributed by atoms with van der Waals surface area (Å²) in [5.74, 6) is 1.86. The molecular weight excluding hydrogens is 144 g/mol. The van der Waals surface area contributed by atoms with E-state index in [-0.39, 0.29) is 12.5 Å². The van der Waals surface area contributed by atoms with Gasteiger partial charge in [0, 0.05) is 0 Å². The molecule has 0 heterocycles. The van der Waals surface area contributed by atoms with Crippen molar-refractivity contribution in [3.05, 3.63) is 0 Å². The van der Waals surface area contributed by atoms with E-state index in [2.05, 4.69) is 16.2 Å². The minimum Gasteiger partial charge on any atom is -0.320 e. The van der Waals surface area contributed by atoms with Crippen LogP contribution in [0.2, 0.25) is 0 Å². The van der Waals surface area contributed by atoms with Crippen molar-refractivity contribution < 1.29 is 9.63 Å². The normalized spacial score (nSPS) is 11.7. The molecule has 4 heteroatoms. The van der Waals surface area contributed by atoms with E-state index in [1.54, 1.807) is 0 Å². The maximum absolute atomic E-state index is 10.8. The molecule has 3 N–H and O–H groups in total. The third kappa shape index (κ3) is 4.37. The fourth-order valence-corrected chi connectivity index (χ4v) is 0.410. The van der Waals surface area contributed by atoms with Crippen LogP contribution in [0.4, 0.5) is 0 Å². The van der Waals surface area contributed by atoms with Gasteiger partial charge in [-0.2, -0.15) is 0 Å². The summed E-state index contributed by atoms with van der Waals surface area (Å²) in [5.41, 5.74) is 7.48. The van der Waals surface area contributed by atoms with Gasteiger partial charge in [-0.15, -0.1) is 6.42 Å². The lowest BCUT2D eigenvalue weighted by atomic mass is 10.2. The van der Waals surface area contributed by atoms with E-state index in [0.717, 1.165) is 0 Å². The summed E-state index contributed by atoms with van der Waals surface area (Å²) >= 11 is 0. The predicted molar refractivity (Wildman–Crippen MR) is 41.2 cm³/mol. The number of rotatable bonds is 4. The molecule has 1 atom stereocenters. The number of terminal acetylenes is 1. The highest BCUT2D eigenvalue weighted by Gasteiger charge is 2.09. The first-order valence-electron chi connectivity index (χ1n) is 3.33. The van der Waals surface area contributed by atoms with Crippen molar-refractivity contribution >= 4 is 5.91 Å². The Bertz CT molecular complexity index is 162. The quantitative estimate of drug-likeness (QED) is 0.324. The van der Waals surface area contributed by atoms with Gasteiger partial charge in [0.15, 0.2) is 0 Å². The standard InChI is InChI=1S/C7H12N2O2/c1-3-5-11-9-7(10)6(8)4-2/h1,6H,4-5,8H2,2H3,(H,9,10)/t6-/m1/s1. The lowest BCUT2D eigenvalue weighted by Crippen LogP contribution is -2.40. The zero-order valence-electron chi connectivity index (χ0n) is 6.46. The first kappa shape index (κ1) is 9.95. The summed E-state index contributed by atoms with van der Waals surface area (Å²) < 4.78 is 0. The van der Waals surface area contributed by atoms with Crippen molar-refractivity contribution in [3.63, 3.8) is 0 Å². The minimum atomic E-state index is -0.521. The average molecular weight is 156 g/mol. The molecule has 0 rings (SSSR count). The summed E-state index contributed by atoms with van der Waals surface area (Å²) in [4.78, 5) is 15.4. The maximum Gasteiger partial charge on any atom is 0.260 e. The third-order valence-corrected chi connectivity index (χ3v) is 1.10. The Morgan fingerprint density at radius 3 is 3.00 bits per heavy atom. The lowest BCUT2D eigenvalue weighted by molar-refractivity contribution is -0.133. The van der Waals surface area contributed by atoms with Gasteiger partial charge in [-0.05, 0) is 6.42 Å². The monoisotopic (exact) mass is 156 g/mol. The average Bonchev–Trinajstić information content (AvgIpc) is 2.03. The van der Waals surface area contributed by atoms with Crippen LogP contribution >= 0.6 is 0 Å². The van der Waals surface area contributed by atoms with Crippen molar-refractivity contribution in [1.82, 2.24) is 5.48 Å². The van der Waals surface area contributed by atoms with E-state index in [9.17, 15) is 4.79 Å². The predicted octanol–water partition coefficient (Wildman–Crippen LogP) is -0.595. The molecule has 0 aromatic rings. The number of nitrogens with one attached hydrogen (secondary N) is 1. The fraction of sp³-hybridized carbons (Fsp3) is 0.571. The van der Waals surface area contributed by atoms with E-state index in [1.165, 1.54) is 0 Å². The van der Waals surface area contributed by atoms with Gasteiger partial charge in [-0.3, -0.25) is 9.63 Å². The minimum absolute atomic E-state index is 0.0577. The van der Waals surface area contributed by atoms with Crippen LogP contribution < -0.4 is 11.2 Å². The number of hydrogen-bond acceptors (Lipinski definition) is 3. The van der Waals surface area contributed by atoms with Gasteiger partial charge >= 0.3 is 0 Å². The van der Waals surface area contributed by atoms with E-state index in [4.69, 9.17) is 12.2 Å². The molecule has 0 aromatic heterocycles. The van der Waals surface area contributed by atoms with Crippen LogP contribution in [0.1, 0.15) is 13.3 Å². The Kier molecular flexibility index (Phi) is 5.17. The summed E-state index contributed by atoms with van der Waals surface area (Å²) in [6.45, 7) is 1.87. The molecule has 0 aromatic carbocycles. The van der Waals surface area contributed by atoms with Gasteiger partial charge in [-0.1, -0.05) is 12.8 Å². The first-order valence-corrected chi connectivity index (χ1v) is 3.33. The molecule has 1 amide bonds. The molecule has 0 saturated heterocycles. The van der Waals surface area contributed by atoms with Gasteiger partial charge in [0.2, 0.25) is 0 Å². The van der Waals surface area contributed by atoms with Crippen LogP contribution in [-0.2, 0) is 9.63 Å². The van der Waals surface area contributed by atoms with E-state index in [0.29, 0.717) is 6.42 Å². The summed E-state index contributed by atoms with van der Waals surface area (Å²) in [6.07, 6.45) is 5.44. The van der Waals surface area contributed by atoms with Gasteiger partial charge in [0.25, 0.3) is 5.91 Å². The molecule has 0 unspecified atom stereocenters. The Hall–Kier alpha value is -1.05. The van der Waals surface area contributed by atoms with Crippen molar-refractivity contribution in [2.45, 2.75) is 19.4 Å². The molecule has 62 valence electrons. The van der Waals surface area contributed by atoms with Gasteiger partial charge in [0.1, 0.15) is 6.61 Å². The van der Waals surface area contributed by atoms with E-state index < -0.39 is 6.04 Å². The third-order valence-electron chi connectivity index (χ3n) is 1.10. The second kappa shape index (κ2) is 5.71. The van der Waals surface area contributed by atoms with Crippen molar-refractivity contribution in [1.29, 1.82) is 0 Å². The molecule has 0 bridgehead atoms. The molecule has 0 saturated carbocycles. The molecule has 0 aliphatic heterocycles. The van der Waals surface area contributed by atoms with Crippen LogP contribution in [0.15, 0.2) is 0 Å². The number of amides is 1. The number of hydroxylamine groups is 1. The van der Waals surface area contributed by atoms with Gasteiger partial charge in [-0.25, -0.2) is 5.48 Å². The lowest BCUT2D eigenvalue weighted by Gasteiger charge is -2.07. The molecule has 0 aliphatic carbocycles. The largest absolute Gasteiger partial charge is 0.320 e. The highest BCUT2D eigenvalue weighted by Crippen LogP contribution is 1.84. The maximum atomic E-state index is 10.8. The number of carbonyl (C=O) groups is 1. The Morgan fingerprint density at radius 1 is 1.91 bits per heavy atom. The van der Waals surface area contributed by atoms with Crippen molar-refractivity contribution in [3.8, 4) is 12.3 Å².